The molecular formula is C50H38N2. The van der Waals surface area contributed by atoms with Gasteiger partial charge in [0.15, 0.2) is 5.82 Å². The van der Waals surface area contributed by atoms with Crippen molar-refractivity contribution in [2.75, 3.05) is 0 Å². The Bertz CT molecular complexity index is 3150. The molecule has 0 radical (unpaired) electrons. The number of hydrogen-bond acceptors (Lipinski definition) is 2. The molecule has 0 atom stereocenters. The minimum absolute atomic E-state index is 0.181. The molecule has 2 nitrogen and oxygen atoms in total. The largest absolute Gasteiger partial charge is 0.228 e. The van der Waals surface area contributed by atoms with Gasteiger partial charge in [-0.2, -0.15) is 0 Å². The van der Waals surface area contributed by atoms with Crippen molar-refractivity contribution in [2.24, 2.45) is 0 Å². The first-order valence-electron chi connectivity index (χ1n) is 23.3. The van der Waals surface area contributed by atoms with Gasteiger partial charge in [0.1, 0.15) is 0 Å². The molecule has 10 rings (SSSR count). The molecule has 52 heavy (non-hydrogen) atoms. The number of fused-ring (bicyclic) bond motifs is 7. The second-order valence-electron chi connectivity index (χ2n) is 13.6. The van der Waals surface area contributed by atoms with Crippen LogP contribution < -0.4 is 0 Å². The Hall–Kier alpha value is -6.12. The van der Waals surface area contributed by atoms with Crippen LogP contribution in [0.15, 0.2) is 158 Å². The van der Waals surface area contributed by atoms with E-state index >= 15 is 0 Å². The lowest BCUT2D eigenvalue weighted by molar-refractivity contribution is 0.660. The van der Waals surface area contributed by atoms with Gasteiger partial charge >= 0.3 is 0 Å². The quantitative estimate of drug-likeness (QED) is 0.185. The topological polar surface area (TPSA) is 25.8 Å². The van der Waals surface area contributed by atoms with Gasteiger partial charge in [0.05, 0.1) is 11.4 Å². The molecule has 0 saturated heterocycles. The van der Waals surface area contributed by atoms with Crippen molar-refractivity contribution in [1.29, 1.82) is 0 Å². The number of hydrogen-bond donors (Lipinski definition) is 0. The van der Waals surface area contributed by atoms with Crippen LogP contribution >= 0.6 is 0 Å². The minimum atomic E-state index is -2.94. The molecule has 248 valence electrons. The zero-order valence-corrected chi connectivity index (χ0v) is 27.9. The van der Waals surface area contributed by atoms with Crippen molar-refractivity contribution in [3.63, 3.8) is 0 Å². The monoisotopic (exact) mass is 678 g/mol. The second-order valence-corrected chi connectivity index (χ2v) is 13.6. The summed E-state index contributed by atoms with van der Waals surface area (Å²) < 4.78 is 105. The first kappa shape index (κ1) is 20.7. The molecule has 0 bridgehead atoms. The fourth-order valence-corrected chi connectivity index (χ4v) is 8.11. The Balaban J connectivity index is 1.17. The van der Waals surface area contributed by atoms with Crippen LogP contribution in [0.25, 0.3) is 78.1 Å². The van der Waals surface area contributed by atoms with E-state index in [9.17, 15) is 0 Å². The minimum Gasteiger partial charge on any atom is -0.228 e. The highest BCUT2D eigenvalue weighted by atomic mass is 14.9. The first-order chi connectivity index (χ1) is 30.3. The van der Waals surface area contributed by atoms with E-state index < -0.39 is 38.2 Å². The molecule has 0 aliphatic heterocycles. The van der Waals surface area contributed by atoms with Gasteiger partial charge in [-0.05, 0) is 84.6 Å². The average molecular weight is 679 g/mol. The summed E-state index contributed by atoms with van der Waals surface area (Å²) in [5.41, 5.74) is 2.97. The predicted molar refractivity (Wildman–Crippen MR) is 216 cm³/mol. The Labute approximate surface area is 322 Å². The van der Waals surface area contributed by atoms with Crippen molar-refractivity contribution < 1.29 is 16.4 Å². The zero-order valence-electron chi connectivity index (χ0n) is 39.9. The highest BCUT2D eigenvalue weighted by Gasteiger charge is 2.36. The van der Waals surface area contributed by atoms with E-state index in [0.29, 0.717) is 50.6 Å². The summed E-state index contributed by atoms with van der Waals surface area (Å²) >= 11 is 0. The molecule has 2 aliphatic carbocycles. The second kappa shape index (κ2) is 11.2. The highest BCUT2D eigenvalue weighted by molar-refractivity contribution is 6.05. The van der Waals surface area contributed by atoms with Crippen molar-refractivity contribution in [1.82, 2.24) is 9.97 Å². The maximum atomic E-state index is 8.76. The molecule has 1 heterocycles. The maximum absolute atomic E-state index is 8.76. The van der Waals surface area contributed by atoms with Gasteiger partial charge in [-0.1, -0.05) is 167 Å². The lowest BCUT2D eigenvalue weighted by Gasteiger charge is -2.22. The van der Waals surface area contributed by atoms with Gasteiger partial charge in [-0.15, -0.1) is 0 Å². The Morgan fingerprint density at radius 1 is 0.365 bits per heavy atom. The summed E-state index contributed by atoms with van der Waals surface area (Å²) in [7, 11) is 0. The van der Waals surface area contributed by atoms with E-state index in [1.807, 2.05) is 91.0 Å². The smallest absolute Gasteiger partial charge is 0.160 e. The number of aromatic nitrogens is 2. The van der Waals surface area contributed by atoms with Crippen molar-refractivity contribution >= 4 is 10.8 Å². The fourth-order valence-electron chi connectivity index (χ4n) is 8.11. The van der Waals surface area contributed by atoms with Crippen molar-refractivity contribution in [3.05, 3.63) is 180 Å². The molecular weight excluding hydrogens is 629 g/mol. The molecule has 0 fully saturated rings. The summed E-state index contributed by atoms with van der Waals surface area (Å²) in [6, 6.07) is 47.2. The van der Waals surface area contributed by atoms with E-state index in [0.717, 1.165) is 27.5 Å². The lowest BCUT2D eigenvalue weighted by Crippen LogP contribution is -2.14. The molecule has 1 aromatic heterocycles. The Morgan fingerprint density at radius 2 is 0.846 bits per heavy atom. The van der Waals surface area contributed by atoms with Crippen LogP contribution in [0.4, 0.5) is 0 Å². The van der Waals surface area contributed by atoms with Crippen molar-refractivity contribution in [2.45, 2.75) is 38.2 Å². The Morgan fingerprint density at radius 3 is 1.50 bits per heavy atom. The molecule has 7 aromatic carbocycles. The van der Waals surface area contributed by atoms with Gasteiger partial charge < -0.3 is 0 Å². The molecule has 0 unspecified atom stereocenters. The molecule has 0 N–H and O–H groups in total. The molecule has 0 spiro atoms. The normalized spacial score (nSPS) is 18.8. The van der Waals surface area contributed by atoms with Gasteiger partial charge in [0.2, 0.25) is 0 Å². The number of rotatable bonds is 4. The van der Waals surface area contributed by atoms with Crippen LogP contribution in [-0.2, 0) is 10.8 Å². The predicted octanol–water partition coefficient (Wildman–Crippen LogP) is 12.9. The third-order valence-electron chi connectivity index (χ3n) is 10.7. The summed E-state index contributed by atoms with van der Waals surface area (Å²) in [5, 5.41) is 1.61. The van der Waals surface area contributed by atoms with Gasteiger partial charge in [0, 0.05) is 44.0 Å². The lowest BCUT2D eigenvalue weighted by atomic mass is 9.81. The third kappa shape index (κ3) is 4.50. The Kier molecular flexibility index (Phi) is 4.45. The molecule has 2 heteroatoms. The zero-order chi connectivity index (χ0) is 45.2. The number of nitrogens with zero attached hydrogens (tertiary/aromatic N) is 2. The summed E-state index contributed by atoms with van der Waals surface area (Å²) in [4.78, 5) is 10.1. The van der Waals surface area contributed by atoms with Crippen LogP contribution in [0.3, 0.4) is 0 Å². The van der Waals surface area contributed by atoms with E-state index in [1.165, 1.54) is 0 Å². The van der Waals surface area contributed by atoms with E-state index in [-0.39, 0.29) is 22.3 Å². The fraction of sp³-hybridized carbons (Fsp3) is 0.120. The van der Waals surface area contributed by atoms with Gasteiger partial charge in [0.25, 0.3) is 0 Å². The van der Waals surface area contributed by atoms with E-state index in [2.05, 4.69) is 0 Å². The van der Waals surface area contributed by atoms with E-state index in [1.54, 1.807) is 66.7 Å². The van der Waals surface area contributed by atoms with Gasteiger partial charge in [-0.3, -0.25) is 0 Å². The summed E-state index contributed by atoms with van der Waals surface area (Å²) in [6.45, 7) is -11.7. The first-order valence-corrected chi connectivity index (χ1v) is 17.3. The van der Waals surface area contributed by atoms with Crippen LogP contribution in [0, 0.1) is 0 Å². The van der Waals surface area contributed by atoms with Crippen LogP contribution in [-0.4, -0.2) is 9.97 Å². The summed E-state index contributed by atoms with van der Waals surface area (Å²) in [5.74, 6) is 0.395. The SMILES string of the molecule is [2H]C([2H])([2H])C1(C([2H])([2H])[2H])c2ccccc2-c2ccc(-c3cc(-c4ccc(-c5ccc6c(c5)C(C([2H])([2H])[2H])(C([2H])([2H])[2H])c5ccccc5-6)c5ccccc45)nc(-c4ccccc4)n3)cc21. The van der Waals surface area contributed by atoms with Crippen LogP contribution in [0.1, 0.15) is 66.1 Å². The maximum Gasteiger partial charge on any atom is 0.160 e. The molecule has 8 aromatic rings. The average Bonchev–Trinajstić information content (AvgIpc) is 3.75. The van der Waals surface area contributed by atoms with Crippen LogP contribution in [0.5, 0.6) is 0 Å². The van der Waals surface area contributed by atoms with E-state index in [4.69, 9.17) is 26.4 Å². The van der Waals surface area contributed by atoms with Crippen LogP contribution in [0.2, 0.25) is 0 Å². The molecule has 2 aliphatic rings. The molecule has 0 amide bonds. The standard InChI is InChI=1S/C50H38N2/c1-49(2)42-20-12-10-18-37(42)39-24-22-32(28-44(39)49)34-26-27-41(36-17-9-8-16-35(34)36)47-30-46(51-48(52-47)31-14-6-5-7-15-31)33-23-25-40-38-19-11-13-21-43(38)50(3,4)45(40)29-33/h5-30H,1-4H3/i1D3,2D3,3D3,4D3. The summed E-state index contributed by atoms with van der Waals surface area (Å²) in [6.07, 6.45) is 0. The number of benzene rings is 7. The van der Waals surface area contributed by atoms with Crippen molar-refractivity contribution in [3.8, 4) is 67.3 Å². The molecule has 0 saturated carbocycles. The van der Waals surface area contributed by atoms with Gasteiger partial charge in [-0.25, -0.2) is 9.97 Å². The highest BCUT2D eigenvalue weighted by Crippen LogP contribution is 2.51. The third-order valence-corrected chi connectivity index (χ3v) is 10.7.